The Kier molecular flexibility index (Phi) is 4.29. The first-order valence-corrected chi connectivity index (χ1v) is 8.08. The molecule has 2 aromatic rings. The number of pyridine rings is 1. The number of benzene rings is 1. The zero-order valence-electron chi connectivity index (χ0n) is 11.0. The van der Waals surface area contributed by atoms with Crippen LogP contribution in [-0.4, -0.2) is 27.5 Å². The van der Waals surface area contributed by atoms with Gasteiger partial charge >= 0.3 is 0 Å². The summed E-state index contributed by atoms with van der Waals surface area (Å²) in [4.78, 5) is 6.11. The number of nitrogens with one attached hydrogen (secondary N) is 1. The molecule has 0 aliphatic rings. The predicted molar refractivity (Wildman–Crippen MR) is 83.5 cm³/mol. The van der Waals surface area contributed by atoms with Gasteiger partial charge in [-0.1, -0.05) is 15.9 Å². The molecule has 0 spiro atoms. The summed E-state index contributed by atoms with van der Waals surface area (Å²) in [5.41, 5.74) is 0.445. The molecule has 1 aromatic carbocycles. The number of aromatic nitrogens is 1. The van der Waals surface area contributed by atoms with E-state index in [-0.39, 0.29) is 4.90 Å². The van der Waals surface area contributed by atoms with Gasteiger partial charge in [0.25, 0.3) is 10.0 Å². The Labute approximate surface area is 126 Å². The Hall–Kier alpha value is -1.60. The van der Waals surface area contributed by atoms with E-state index in [9.17, 15) is 8.42 Å². The van der Waals surface area contributed by atoms with Gasteiger partial charge in [-0.15, -0.1) is 0 Å². The molecule has 7 heteroatoms. The van der Waals surface area contributed by atoms with Crippen LogP contribution in [0.1, 0.15) is 0 Å². The van der Waals surface area contributed by atoms with Crippen LogP contribution in [0.5, 0.6) is 0 Å². The van der Waals surface area contributed by atoms with E-state index in [0.29, 0.717) is 11.5 Å². The number of hydrogen-bond acceptors (Lipinski definition) is 4. The van der Waals surface area contributed by atoms with Crippen LogP contribution < -0.4 is 9.62 Å². The maximum Gasteiger partial charge on any atom is 0.262 e. The molecule has 0 amide bonds. The van der Waals surface area contributed by atoms with Crippen LogP contribution in [0.2, 0.25) is 0 Å². The Morgan fingerprint density at radius 2 is 1.80 bits per heavy atom. The number of anilines is 2. The van der Waals surface area contributed by atoms with Gasteiger partial charge in [-0.25, -0.2) is 13.4 Å². The van der Waals surface area contributed by atoms with Crippen molar-refractivity contribution in [1.29, 1.82) is 0 Å². The van der Waals surface area contributed by atoms with Gasteiger partial charge in [-0.05, 0) is 36.4 Å². The van der Waals surface area contributed by atoms with Crippen molar-refractivity contribution >= 4 is 37.5 Å². The molecule has 2 rings (SSSR count). The Morgan fingerprint density at radius 1 is 1.15 bits per heavy atom. The second-order valence-corrected chi connectivity index (χ2v) is 6.93. The van der Waals surface area contributed by atoms with Crippen LogP contribution in [0.25, 0.3) is 0 Å². The number of sulfonamides is 1. The summed E-state index contributed by atoms with van der Waals surface area (Å²) in [5, 5.41) is 0. The molecule has 5 nitrogen and oxygen atoms in total. The molecule has 1 heterocycles. The fraction of sp³-hybridized carbons (Fsp3) is 0.154. The third-order valence-corrected chi connectivity index (χ3v) is 4.49. The summed E-state index contributed by atoms with van der Waals surface area (Å²) >= 11 is 3.28. The van der Waals surface area contributed by atoms with E-state index in [2.05, 4.69) is 25.6 Å². The molecule has 0 bridgehead atoms. The second-order valence-electron chi connectivity index (χ2n) is 4.33. The third-order valence-electron chi connectivity index (χ3n) is 2.58. The summed E-state index contributed by atoms with van der Waals surface area (Å²) in [6.07, 6.45) is 1.62. The van der Waals surface area contributed by atoms with Crippen LogP contribution in [0.4, 0.5) is 11.5 Å². The van der Waals surface area contributed by atoms with E-state index in [1.165, 1.54) is 12.1 Å². The van der Waals surface area contributed by atoms with Crippen molar-refractivity contribution in [3.05, 3.63) is 47.1 Å². The zero-order valence-corrected chi connectivity index (χ0v) is 13.4. The SMILES string of the molecule is CN(C)c1ncccc1NS(=O)(=O)c1ccc(Br)cc1. The van der Waals surface area contributed by atoms with E-state index in [1.54, 1.807) is 49.5 Å². The first-order chi connectivity index (χ1) is 9.40. The fourth-order valence-corrected chi connectivity index (χ4v) is 2.98. The van der Waals surface area contributed by atoms with Crippen molar-refractivity contribution in [3.8, 4) is 0 Å². The number of nitrogens with zero attached hydrogens (tertiary/aromatic N) is 2. The second kappa shape index (κ2) is 5.80. The quantitative estimate of drug-likeness (QED) is 0.915. The van der Waals surface area contributed by atoms with Crippen molar-refractivity contribution in [2.45, 2.75) is 4.90 Å². The highest BCUT2D eigenvalue weighted by Gasteiger charge is 2.16. The summed E-state index contributed by atoms with van der Waals surface area (Å²) < 4.78 is 28.0. The minimum Gasteiger partial charge on any atom is -0.361 e. The minimum absolute atomic E-state index is 0.203. The lowest BCUT2D eigenvalue weighted by Gasteiger charge is -2.16. The minimum atomic E-state index is -3.62. The third kappa shape index (κ3) is 3.29. The van der Waals surface area contributed by atoms with E-state index in [1.807, 2.05) is 0 Å². The van der Waals surface area contributed by atoms with Crippen molar-refractivity contribution in [3.63, 3.8) is 0 Å². The Bertz CT molecular complexity index is 700. The molecule has 1 aromatic heterocycles. The van der Waals surface area contributed by atoms with Gasteiger partial charge in [0.05, 0.1) is 10.6 Å². The van der Waals surface area contributed by atoms with E-state index in [4.69, 9.17) is 0 Å². The van der Waals surface area contributed by atoms with Gasteiger partial charge in [-0.2, -0.15) is 0 Å². The molecule has 106 valence electrons. The smallest absolute Gasteiger partial charge is 0.262 e. The summed E-state index contributed by atoms with van der Waals surface area (Å²) in [6, 6.07) is 9.82. The largest absolute Gasteiger partial charge is 0.361 e. The van der Waals surface area contributed by atoms with Gasteiger partial charge in [0.1, 0.15) is 0 Å². The highest BCUT2D eigenvalue weighted by Crippen LogP contribution is 2.24. The van der Waals surface area contributed by atoms with E-state index in [0.717, 1.165) is 4.47 Å². The highest BCUT2D eigenvalue weighted by atomic mass is 79.9. The van der Waals surface area contributed by atoms with Crippen molar-refractivity contribution < 1.29 is 8.42 Å². The Morgan fingerprint density at radius 3 is 2.40 bits per heavy atom. The van der Waals surface area contributed by atoms with E-state index >= 15 is 0 Å². The summed E-state index contributed by atoms with van der Waals surface area (Å²) in [6.45, 7) is 0. The van der Waals surface area contributed by atoms with Crippen LogP contribution in [0.3, 0.4) is 0 Å². The number of rotatable bonds is 4. The van der Waals surface area contributed by atoms with E-state index < -0.39 is 10.0 Å². The normalized spacial score (nSPS) is 11.2. The molecular weight excluding hydrogens is 342 g/mol. The fourth-order valence-electron chi connectivity index (χ4n) is 1.65. The van der Waals surface area contributed by atoms with Crippen molar-refractivity contribution in [2.75, 3.05) is 23.7 Å². The standard InChI is InChI=1S/C13H14BrN3O2S/c1-17(2)13-12(4-3-9-15-13)16-20(18,19)11-7-5-10(14)6-8-11/h3-9,16H,1-2H3. The molecule has 0 aliphatic heterocycles. The van der Waals surface area contributed by atoms with Gasteiger partial charge < -0.3 is 4.90 Å². The van der Waals surface area contributed by atoms with Gasteiger partial charge in [0.2, 0.25) is 0 Å². The summed E-state index contributed by atoms with van der Waals surface area (Å²) in [7, 11) is -0.0130. The number of halogens is 1. The molecule has 20 heavy (non-hydrogen) atoms. The molecule has 0 radical (unpaired) electrons. The maximum absolute atomic E-state index is 12.3. The Balaban J connectivity index is 2.36. The molecule has 0 atom stereocenters. The molecule has 0 aliphatic carbocycles. The maximum atomic E-state index is 12.3. The topological polar surface area (TPSA) is 62.3 Å². The molecule has 0 fully saturated rings. The lowest BCUT2D eigenvalue weighted by atomic mass is 10.4. The average Bonchev–Trinajstić information content (AvgIpc) is 2.39. The van der Waals surface area contributed by atoms with Gasteiger partial charge in [-0.3, -0.25) is 4.72 Å². The van der Waals surface area contributed by atoms with Crippen LogP contribution >= 0.6 is 15.9 Å². The van der Waals surface area contributed by atoms with Gasteiger partial charge in [0.15, 0.2) is 5.82 Å². The lowest BCUT2D eigenvalue weighted by molar-refractivity contribution is 0.601. The van der Waals surface area contributed by atoms with Crippen LogP contribution in [0.15, 0.2) is 52.0 Å². The molecular formula is C13H14BrN3O2S. The first-order valence-electron chi connectivity index (χ1n) is 5.81. The number of hydrogen-bond donors (Lipinski definition) is 1. The lowest BCUT2D eigenvalue weighted by Crippen LogP contribution is -2.18. The van der Waals surface area contributed by atoms with Crippen molar-refractivity contribution in [2.24, 2.45) is 0 Å². The molecule has 0 saturated carbocycles. The molecule has 0 unspecified atom stereocenters. The highest BCUT2D eigenvalue weighted by molar-refractivity contribution is 9.10. The summed E-state index contributed by atoms with van der Waals surface area (Å²) in [5.74, 6) is 0.563. The zero-order chi connectivity index (χ0) is 14.8. The van der Waals surface area contributed by atoms with Crippen LogP contribution in [0, 0.1) is 0 Å². The van der Waals surface area contributed by atoms with Crippen LogP contribution in [-0.2, 0) is 10.0 Å². The predicted octanol–water partition coefficient (Wildman–Crippen LogP) is 2.71. The first kappa shape index (κ1) is 14.8. The molecule has 1 N–H and O–H groups in total. The molecule has 0 saturated heterocycles. The van der Waals surface area contributed by atoms with Gasteiger partial charge in [0, 0.05) is 24.8 Å². The average molecular weight is 356 g/mol. The monoisotopic (exact) mass is 355 g/mol. The van der Waals surface area contributed by atoms with Crippen molar-refractivity contribution in [1.82, 2.24) is 4.98 Å².